The van der Waals surface area contributed by atoms with Crippen LogP contribution in [0.4, 0.5) is 5.82 Å². The van der Waals surface area contributed by atoms with Crippen LogP contribution in [-0.2, 0) is 0 Å². The van der Waals surface area contributed by atoms with Crippen molar-refractivity contribution in [3.8, 4) is 23.1 Å². The molecule has 0 N–H and O–H groups in total. The summed E-state index contributed by atoms with van der Waals surface area (Å²) in [6.45, 7) is 1.99. The molecule has 3 aromatic rings. The van der Waals surface area contributed by atoms with Gasteiger partial charge in [-0.1, -0.05) is 0 Å². The fourth-order valence-electron chi connectivity index (χ4n) is 2.89. The number of aromatic nitrogens is 6. The Morgan fingerprint density at radius 1 is 1.04 bits per heavy atom. The molecule has 1 saturated heterocycles. The molecule has 0 amide bonds. The molecule has 1 aliphatic heterocycles. The molecular formula is C15H17N7O2. The van der Waals surface area contributed by atoms with E-state index >= 15 is 0 Å². The van der Waals surface area contributed by atoms with Gasteiger partial charge in [-0.25, -0.2) is 9.97 Å². The lowest BCUT2D eigenvalue weighted by atomic mass is 10.2. The monoisotopic (exact) mass is 327 g/mol. The van der Waals surface area contributed by atoms with E-state index in [-0.39, 0.29) is 6.01 Å². The van der Waals surface area contributed by atoms with E-state index in [1.54, 1.807) is 17.8 Å². The zero-order valence-electron chi connectivity index (χ0n) is 13.5. The molecule has 0 aliphatic carbocycles. The Hall–Kier alpha value is -2.97. The van der Waals surface area contributed by atoms with Crippen molar-refractivity contribution in [2.45, 2.75) is 12.8 Å². The number of hydrogen-bond donors (Lipinski definition) is 0. The Labute approximate surface area is 138 Å². The van der Waals surface area contributed by atoms with E-state index in [1.165, 1.54) is 26.3 Å². The van der Waals surface area contributed by atoms with Crippen LogP contribution in [0.5, 0.6) is 11.9 Å². The quantitative estimate of drug-likeness (QED) is 0.706. The van der Waals surface area contributed by atoms with Crippen LogP contribution in [-0.4, -0.2) is 56.9 Å². The molecule has 1 fully saturated rings. The highest BCUT2D eigenvalue weighted by molar-refractivity contribution is 5.69. The van der Waals surface area contributed by atoms with E-state index in [2.05, 4.69) is 29.9 Å². The summed E-state index contributed by atoms with van der Waals surface area (Å²) >= 11 is 0. The van der Waals surface area contributed by atoms with Gasteiger partial charge < -0.3 is 14.4 Å². The molecule has 0 aromatic carbocycles. The number of methoxy groups -OCH3 is 2. The van der Waals surface area contributed by atoms with Crippen LogP contribution in [0.25, 0.3) is 17.0 Å². The molecule has 124 valence electrons. The minimum absolute atomic E-state index is 0.249. The maximum atomic E-state index is 5.37. The molecule has 1 aliphatic rings. The van der Waals surface area contributed by atoms with Crippen molar-refractivity contribution in [3.05, 3.63) is 18.6 Å². The number of ether oxygens (including phenoxy) is 2. The van der Waals surface area contributed by atoms with Crippen LogP contribution in [0, 0.1) is 0 Å². The summed E-state index contributed by atoms with van der Waals surface area (Å²) in [6, 6.07) is 2.22. The van der Waals surface area contributed by atoms with Crippen molar-refractivity contribution < 1.29 is 9.47 Å². The zero-order chi connectivity index (χ0) is 16.5. The van der Waals surface area contributed by atoms with Crippen molar-refractivity contribution in [1.82, 2.24) is 29.5 Å². The molecule has 0 saturated carbocycles. The first-order valence-electron chi connectivity index (χ1n) is 7.71. The number of anilines is 1. The van der Waals surface area contributed by atoms with Crippen molar-refractivity contribution in [1.29, 1.82) is 0 Å². The lowest BCUT2D eigenvalue weighted by Gasteiger charge is -2.19. The van der Waals surface area contributed by atoms with Gasteiger partial charge in [0, 0.05) is 25.4 Å². The van der Waals surface area contributed by atoms with Gasteiger partial charge >= 0.3 is 6.01 Å². The van der Waals surface area contributed by atoms with Crippen LogP contribution in [0.2, 0.25) is 0 Å². The van der Waals surface area contributed by atoms with E-state index in [4.69, 9.17) is 9.47 Å². The van der Waals surface area contributed by atoms with Gasteiger partial charge in [0.2, 0.25) is 5.88 Å². The second kappa shape index (κ2) is 5.91. The average Bonchev–Trinajstić information content (AvgIpc) is 3.31. The third-order valence-electron chi connectivity index (χ3n) is 4.05. The van der Waals surface area contributed by atoms with E-state index in [0.717, 1.165) is 18.9 Å². The second-order valence-corrected chi connectivity index (χ2v) is 5.45. The summed E-state index contributed by atoms with van der Waals surface area (Å²) in [7, 11) is 3.07. The maximum Gasteiger partial charge on any atom is 0.319 e. The SMILES string of the molecule is COc1ncc(-c2cc(N3CCCC3)n3ncnc3n2)c(OC)n1. The largest absolute Gasteiger partial charge is 0.480 e. The van der Waals surface area contributed by atoms with Gasteiger partial charge in [-0.05, 0) is 12.8 Å². The first kappa shape index (κ1) is 14.6. The number of nitrogens with zero attached hydrogens (tertiary/aromatic N) is 7. The molecule has 9 nitrogen and oxygen atoms in total. The highest BCUT2D eigenvalue weighted by Crippen LogP contribution is 2.31. The molecule has 9 heteroatoms. The lowest BCUT2D eigenvalue weighted by Crippen LogP contribution is -2.21. The number of hydrogen-bond acceptors (Lipinski definition) is 8. The van der Waals surface area contributed by atoms with Gasteiger partial charge in [0.15, 0.2) is 0 Å². The molecule has 4 heterocycles. The van der Waals surface area contributed by atoms with Gasteiger partial charge in [-0.2, -0.15) is 19.6 Å². The van der Waals surface area contributed by atoms with E-state index in [1.807, 2.05) is 6.07 Å². The minimum Gasteiger partial charge on any atom is -0.480 e. The van der Waals surface area contributed by atoms with Crippen molar-refractivity contribution >= 4 is 11.6 Å². The van der Waals surface area contributed by atoms with E-state index in [9.17, 15) is 0 Å². The average molecular weight is 327 g/mol. The third-order valence-corrected chi connectivity index (χ3v) is 4.05. The van der Waals surface area contributed by atoms with Crippen molar-refractivity contribution in [3.63, 3.8) is 0 Å². The number of fused-ring (bicyclic) bond motifs is 1. The zero-order valence-corrected chi connectivity index (χ0v) is 13.5. The van der Waals surface area contributed by atoms with Gasteiger partial charge in [-0.3, -0.25) is 0 Å². The lowest BCUT2D eigenvalue weighted by molar-refractivity contribution is 0.353. The predicted molar refractivity (Wildman–Crippen MR) is 86.4 cm³/mol. The first-order chi connectivity index (χ1) is 11.8. The summed E-state index contributed by atoms with van der Waals surface area (Å²) in [4.78, 5) is 19.5. The Morgan fingerprint density at radius 2 is 1.88 bits per heavy atom. The third kappa shape index (κ3) is 2.38. The van der Waals surface area contributed by atoms with Crippen LogP contribution < -0.4 is 14.4 Å². The first-order valence-corrected chi connectivity index (χ1v) is 7.71. The van der Waals surface area contributed by atoms with Crippen LogP contribution in [0.3, 0.4) is 0 Å². The van der Waals surface area contributed by atoms with Gasteiger partial charge in [0.1, 0.15) is 12.1 Å². The summed E-state index contributed by atoms with van der Waals surface area (Å²) < 4.78 is 12.2. The maximum absolute atomic E-state index is 5.37. The molecule has 0 unspecified atom stereocenters. The number of rotatable bonds is 4. The Bertz CT molecular complexity index is 873. The highest BCUT2D eigenvalue weighted by Gasteiger charge is 2.20. The molecule has 4 rings (SSSR count). The molecular weight excluding hydrogens is 310 g/mol. The van der Waals surface area contributed by atoms with Crippen LogP contribution in [0.15, 0.2) is 18.6 Å². The smallest absolute Gasteiger partial charge is 0.319 e. The summed E-state index contributed by atoms with van der Waals surface area (Å²) in [5, 5.41) is 4.29. The summed E-state index contributed by atoms with van der Waals surface area (Å²) in [5.41, 5.74) is 1.38. The Morgan fingerprint density at radius 3 is 2.62 bits per heavy atom. The fraction of sp³-hybridized carbons (Fsp3) is 0.400. The van der Waals surface area contributed by atoms with Crippen molar-refractivity contribution in [2.75, 3.05) is 32.2 Å². The molecule has 0 radical (unpaired) electrons. The van der Waals surface area contributed by atoms with Gasteiger partial charge in [-0.15, -0.1) is 0 Å². The summed E-state index contributed by atoms with van der Waals surface area (Å²) in [5.74, 6) is 1.90. The fourth-order valence-corrected chi connectivity index (χ4v) is 2.89. The molecule has 0 spiro atoms. The molecule has 0 bridgehead atoms. The van der Waals surface area contributed by atoms with Gasteiger partial charge in [0.05, 0.1) is 25.5 Å². The minimum atomic E-state index is 0.249. The summed E-state index contributed by atoms with van der Waals surface area (Å²) in [6.07, 6.45) is 5.49. The van der Waals surface area contributed by atoms with Crippen LogP contribution in [0.1, 0.15) is 12.8 Å². The Balaban J connectivity index is 1.88. The standard InChI is InChI=1S/C15H17N7O2/c1-23-13-10(8-16-15(20-13)24-2)11-7-12(21-5-3-4-6-21)22-14(19-11)17-9-18-22/h7-9H,3-6H2,1-2H3. The van der Waals surface area contributed by atoms with E-state index in [0.29, 0.717) is 22.9 Å². The molecule has 24 heavy (non-hydrogen) atoms. The topological polar surface area (TPSA) is 90.6 Å². The van der Waals surface area contributed by atoms with E-state index < -0.39 is 0 Å². The Kier molecular flexibility index (Phi) is 3.60. The van der Waals surface area contributed by atoms with Gasteiger partial charge in [0.25, 0.3) is 5.78 Å². The second-order valence-electron chi connectivity index (χ2n) is 5.45. The molecule has 0 atom stereocenters. The highest BCUT2D eigenvalue weighted by atomic mass is 16.5. The molecule has 3 aromatic heterocycles. The van der Waals surface area contributed by atoms with Crippen molar-refractivity contribution in [2.24, 2.45) is 0 Å². The predicted octanol–water partition coefficient (Wildman–Crippen LogP) is 1.20. The normalized spacial score (nSPS) is 14.3. The van der Waals surface area contributed by atoms with Crippen LogP contribution >= 0.6 is 0 Å².